The normalized spacial score (nSPS) is 12.7. The van der Waals surface area contributed by atoms with Crippen LogP contribution in [0.2, 0.25) is 0 Å². The fraction of sp³-hybridized carbons (Fsp3) is 0.600. The van der Waals surface area contributed by atoms with Crippen LogP contribution in [0.3, 0.4) is 0 Å². The summed E-state index contributed by atoms with van der Waals surface area (Å²) < 4.78 is 0. The molecule has 0 aliphatic carbocycles. The molecule has 0 aliphatic rings. The van der Waals surface area contributed by atoms with E-state index in [2.05, 4.69) is 56.5 Å². The first-order valence-electron chi connectivity index (χ1n) is 6.64. The Balaban J connectivity index is 2.37. The fourth-order valence-electron chi connectivity index (χ4n) is 1.86. The zero-order chi connectivity index (χ0) is 12.7. The van der Waals surface area contributed by atoms with Crippen LogP contribution in [-0.2, 0) is 6.54 Å². The summed E-state index contributed by atoms with van der Waals surface area (Å²) in [6, 6.07) is 7.04. The van der Waals surface area contributed by atoms with E-state index in [9.17, 15) is 0 Å². The average Bonchev–Trinajstić information content (AvgIpc) is 2.31. The van der Waals surface area contributed by atoms with Gasteiger partial charge in [-0.25, -0.2) is 0 Å². The Kier molecular flexibility index (Phi) is 6.23. The minimum absolute atomic E-state index is 0.515. The van der Waals surface area contributed by atoms with Crippen LogP contribution in [0.1, 0.15) is 37.0 Å². The van der Waals surface area contributed by atoms with Crippen LogP contribution in [0.15, 0.2) is 18.2 Å². The van der Waals surface area contributed by atoms with Gasteiger partial charge in [0.05, 0.1) is 0 Å². The second-order valence-corrected chi connectivity index (χ2v) is 4.85. The Morgan fingerprint density at radius 1 is 1.24 bits per heavy atom. The molecule has 1 aromatic rings. The molecule has 0 radical (unpaired) electrons. The molecule has 1 atom stereocenters. The van der Waals surface area contributed by atoms with Crippen molar-refractivity contribution in [3.8, 4) is 0 Å². The number of rotatable bonds is 7. The Hall–Kier alpha value is -0.860. The van der Waals surface area contributed by atoms with E-state index in [0.717, 1.165) is 19.6 Å². The molecule has 2 heteroatoms. The molecule has 0 fully saturated rings. The maximum Gasteiger partial charge on any atom is 0.0211 e. The molecule has 0 spiro atoms. The SMILES string of the molecule is CCCNCC(C)NCc1cccc(C)c1C. The highest BCUT2D eigenvalue weighted by atomic mass is 15.0. The Morgan fingerprint density at radius 2 is 2.00 bits per heavy atom. The Morgan fingerprint density at radius 3 is 2.71 bits per heavy atom. The van der Waals surface area contributed by atoms with Crippen molar-refractivity contribution in [2.24, 2.45) is 0 Å². The minimum atomic E-state index is 0.515. The number of nitrogens with one attached hydrogen (secondary N) is 2. The Bertz CT molecular complexity index is 334. The summed E-state index contributed by atoms with van der Waals surface area (Å²) in [5, 5.41) is 7.00. The molecule has 17 heavy (non-hydrogen) atoms. The summed E-state index contributed by atoms with van der Waals surface area (Å²) in [4.78, 5) is 0. The summed E-state index contributed by atoms with van der Waals surface area (Å²) in [5.41, 5.74) is 4.20. The molecule has 0 amide bonds. The van der Waals surface area contributed by atoms with Gasteiger partial charge in [-0.05, 0) is 50.4 Å². The highest BCUT2D eigenvalue weighted by Gasteiger charge is 2.03. The van der Waals surface area contributed by atoms with Gasteiger partial charge in [0, 0.05) is 19.1 Å². The first-order valence-corrected chi connectivity index (χ1v) is 6.64. The van der Waals surface area contributed by atoms with Crippen LogP contribution in [-0.4, -0.2) is 19.1 Å². The molecule has 0 saturated heterocycles. The second-order valence-electron chi connectivity index (χ2n) is 4.85. The average molecular weight is 234 g/mol. The number of benzene rings is 1. The van der Waals surface area contributed by atoms with E-state index in [1.807, 2.05) is 0 Å². The predicted molar refractivity (Wildman–Crippen MR) is 75.4 cm³/mol. The monoisotopic (exact) mass is 234 g/mol. The zero-order valence-electron chi connectivity index (χ0n) is 11.6. The van der Waals surface area contributed by atoms with Gasteiger partial charge in [0.25, 0.3) is 0 Å². The fourth-order valence-corrected chi connectivity index (χ4v) is 1.86. The number of hydrogen-bond acceptors (Lipinski definition) is 2. The van der Waals surface area contributed by atoms with Gasteiger partial charge in [-0.15, -0.1) is 0 Å². The lowest BCUT2D eigenvalue weighted by atomic mass is 10.0. The van der Waals surface area contributed by atoms with Crippen LogP contribution in [0.4, 0.5) is 0 Å². The van der Waals surface area contributed by atoms with E-state index in [1.54, 1.807) is 0 Å². The lowest BCUT2D eigenvalue weighted by Crippen LogP contribution is -2.36. The minimum Gasteiger partial charge on any atom is -0.315 e. The van der Waals surface area contributed by atoms with Crippen molar-refractivity contribution in [2.75, 3.05) is 13.1 Å². The van der Waals surface area contributed by atoms with E-state index in [1.165, 1.54) is 23.1 Å². The first-order chi connectivity index (χ1) is 8.15. The summed E-state index contributed by atoms with van der Waals surface area (Å²) >= 11 is 0. The smallest absolute Gasteiger partial charge is 0.0211 e. The maximum atomic E-state index is 3.56. The lowest BCUT2D eigenvalue weighted by Gasteiger charge is -2.16. The topological polar surface area (TPSA) is 24.1 Å². The van der Waals surface area contributed by atoms with Crippen molar-refractivity contribution in [3.05, 3.63) is 34.9 Å². The molecule has 0 aromatic heterocycles. The third kappa shape index (κ3) is 4.88. The van der Waals surface area contributed by atoms with Crippen molar-refractivity contribution in [1.82, 2.24) is 10.6 Å². The molecule has 0 bridgehead atoms. The molecule has 1 aromatic carbocycles. The lowest BCUT2D eigenvalue weighted by molar-refractivity contribution is 0.500. The van der Waals surface area contributed by atoms with Gasteiger partial charge in [-0.2, -0.15) is 0 Å². The van der Waals surface area contributed by atoms with Crippen molar-refractivity contribution in [3.63, 3.8) is 0 Å². The van der Waals surface area contributed by atoms with Crippen molar-refractivity contribution in [1.29, 1.82) is 0 Å². The highest BCUT2D eigenvalue weighted by Crippen LogP contribution is 2.12. The third-order valence-corrected chi connectivity index (χ3v) is 3.24. The van der Waals surface area contributed by atoms with Crippen molar-refractivity contribution >= 4 is 0 Å². The zero-order valence-corrected chi connectivity index (χ0v) is 11.6. The summed E-state index contributed by atoms with van der Waals surface area (Å²) in [6.45, 7) is 11.9. The molecule has 2 nitrogen and oxygen atoms in total. The standard InChI is InChI=1S/C15H26N2/c1-5-9-16-10-13(3)17-11-15-8-6-7-12(2)14(15)4/h6-8,13,16-17H,5,9-11H2,1-4H3. The van der Waals surface area contributed by atoms with Gasteiger partial charge >= 0.3 is 0 Å². The van der Waals surface area contributed by atoms with Gasteiger partial charge in [0.1, 0.15) is 0 Å². The summed E-state index contributed by atoms with van der Waals surface area (Å²) in [5.74, 6) is 0. The largest absolute Gasteiger partial charge is 0.315 e. The van der Waals surface area contributed by atoms with Crippen LogP contribution < -0.4 is 10.6 Å². The molecular weight excluding hydrogens is 208 g/mol. The van der Waals surface area contributed by atoms with Crippen LogP contribution >= 0.6 is 0 Å². The molecule has 0 saturated carbocycles. The number of aryl methyl sites for hydroxylation is 1. The van der Waals surface area contributed by atoms with Gasteiger partial charge in [0.2, 0.25) is 0 Å². The Labute approximate surface area is 106 Å². The van der Waals surface area contributed by atoms with Crippen molar-refractivity contribution in [2.45, 2.75) is 46.7 Å². The molecule has 1 unspecified atom stereocenters. The van der Waals surface area contributed by atoms with E-state index >= 15 is 0 Å². The highest BCUT2D eigenvalue weighted by molar-refractivity contribution is 5.32. The molecular formula is C15H26N2. The molecule has 2 N–H and O–H groups in total. The summed E-state index contributed by atoms with van der Waals surface area (Å²) in [7, 11) is 0. The van der Waals surface area contributed by atoms with Gasteiger partial charge in [0.15, 0.2) is 0 Å². The van der Waals surface area contributed by atoms with Crippen LogP contribution in [0, 0.1) is 13.8 Å². The van der Waals surface area contributed by atoms with Crippen molar-refractivity contribution < 1.29 is 0 Å². The van der Waals surface area contributed by atoms with E-state index in [-0.39, 0.29) is 0 Å². The van der Waals surface area contributed by atoms with Crippen LogP contribution in [0.5, 0.6) is 0 Å². The second kappa shape index (κ2) is 7.46. The van der Waals surface area contributed by atoms with E-state index in [0.29, 0.717) is 6.04 Å². The number of hydrogen-bond donors (Lipinski definition) is 2. The quantitative estimate of drug-likeness (QED) is 0.709. The molecule has 0 heterocycles. The summed E-state index contributed by atoms with van der Waals surface area (Å²) in [6.07, 6.45) is 1.20. The van der Waals surface area contributed by atoms with Gasteiger partial charge in [-0.1, -0.05) is 25.1 Å². The van der Waals surface area contributed by atoms with Gasteiger partial charge in [-0.3, -0.25) is 0 Å². The molecule has 1 rings (SSSR count). The van der Waals surface area contributed by atoms with Crippen LogP contribution in [0.25, 0.3) is 0 Å². The van der Waals surface area contributed by atoms with E-state index in [4.69, 9.17) is 0 Å². The molecule has 96 valence electrons. The van der Waals surface area contributed by atoms with E-state index < -0.39 is 0 Å². The first kappa shape index (κ1) is 14.2. The predicted octanol–water partition coefficient (Wildman–Crippen LogP) is 2.78. The third-order valence-electron chi connectivity index (χ3n) is 3.24. The van der Waals surface area contributed by atoms with Gasteiger partial charge < -0.3 is 10.6 Å². The molecule has 0 aliphatic heterocycles. The maximum absolute atomic E-state index is 3.56.